The number of nitrogens with one attached hydrogen (secondary N) is 1. The summed E-state index contributed by atoms with van der Waals surface area (Å²) in [6, 6.07) is 4.18. The zero-order valence-electron chi connectivity index (χ0n) is 16.2. The van der Waals surface area contributed by atoms with Crippen LogP contribution in [-0.2, 0) is 14.4 Å². The van der Waals surface area contributed by atoms with Crippen LogP contribution in [0.15, 0.2) is 18.2 Å². The molecule has 1 aromatic carbocycles. The largest absolute Gasteiger partial charge is 0.294 e. The lowest BCUT2D eigenvalue weighted by molar-refractivity contribution is -0.138. The normalized spacial score (nSPS) is 21.5. The van der Waals surface area contributed by atoms with Gasteiger partial charge in [-0.15, -0.1) is 0 Å². The van der Waals surface area contributed by atoms with Gasteiger partial charge in [-0.05, 0) is 42.9 Å². The van der Waals surface area contributed by atoms with E-state index in [4.69, 9.17) is 0 Å². The molecule has 1 saturated heterocycles. The van der Waals surface area contributed by atoms with E-state index in [-0.39, 0.29) is 0 Å². The van der Waals surface area contributed by atoms with Gasteiger partial charge < -0.3 is 0 Å². The molecule has 6 heteroatoms. The van der Waals surface area contributed by atoms with Crippen LogP contribution < -0.4 is 5.32 Å². The fraction of sp³-hybridized carbons (Fsp3) is 0.500. The van der Waals surface area contributed by atoms with Crippen LogP contribution in [0.2, 0.25) is 0 Å². The summed E-state index contributed by atoms with van der Waals surface area (Å²) >= 11 is 0. The Labute approximate surface area is 153 Å². The van der Waals surface area contributed by atoms with Gasteiger partial charge in [0.15, 0.2) is 0 Å². The van der Waals surface area contributed by atoms with Crippen molar-refractivity contribution < 1.29 is 19.2 Å². The van der Waals surface area contributed by atoms with Crippen molar-refractivity contribution in [2.75, 3.05) is 0 Å². The highest BCUT2D eigenvalue weighted by Gasteiger charge is 2.50. The molecular weight excluding hydrogens is 332 g/mol. The second kappa shape index (κ2) is 6.67. The summed E-state index contributed by atoms with van der Waals surface area (Å²) in [4.78, 5) is 50.9. The lowest BCUT2D eigenvalue weighted by Crippen LogP contribution is -2.55. The third-order valence-electron chi connectivity index (χ3n) is 5.20. The number of carbonyl (C=O) groups excluding carboxylic acids is 4. The number of hydrogen-bond donors (Lipinski definition) is 1. The summed E-state index contributed by atoms with van der Waals surface area (Å²) in [5.41, 5.74) is 0.490. The quantitative estimate of drug-likeness (QED) is 0.664. The SMILES string of the molecule is Cc1cccc(C(=O)N(C=O)C2C(=O)NC(=O)C(C)(C)CC2(C)C)c1C. The number of hydrogen-bond acceptors (Lipinski definition) is 4. The molecule has 1 N–H and O–H groups in total. The van der Waals surface area contributed by atoms with E-state index in [2.05, 4.69) is 5.32 Å². The van der Waals surface area contributed by atoms with E-state index in [0.717, 1.165) is 16.0 Å². The number of amides is 4. The first kappa shape index (κ1) is 19.8. The van der Waals surface area contributed by atoms with Crippen molar-refractivity contribution in [3.63, 3.8) is 0 Å². The molecule has 1 aliphatic heterocycles. The Kier molecular flexibility index (Phi) is 5.08. The van der Waals surface area contributed by atoms with Crippen molar-refractivity contribution in [1.29, 1.82) is 0 Å². The predicted molar refractivity (Wildman–Crippen MR) is 97.3 cm³/mol. The molecule has 1 fully saturated rings. The van der Waals surface area contributed by atoms with Crippen molar-refractivity contribution in [1.82, 2.24) is 10.2 Å². The Balaban J connectivity index is 2.52. The molecule has 1 atom stereocenters. The topological polar surface area (TPSA) is 83.6 Å². The Bertz CT molecular complexity index is 780. The zero-order valence-corrected chi connectivity index (χ0v) is 16.2. The van der Waals surface area contributed by atoms with Crippen LogP contribution in [0.4, 0.5) is 0 Å². The van der Waals surface area contributed by atoms with E-state index in [1.54, 1.807) is 46.8 Å². The average molecular weight is 358 g/mol. The smallest absolute Gasteiger partial charge is 0.261 e. The molecule has 4 amide bonds. The predicted octanol–water partition coefficient (Wildman–Crippen LogP) is 2.37. The highest BCUT2D eigenvalue weighted by Crippen LogP contribution is 2.40. The first-order valence-electron chi connectivity index (χ1n) is 8.62. The zero-order chi connectivity index (χ0) is 19.9. The maximum Gasteiger partial charge on any atom is 0.261 e. The van der Waals surface area contributed by atoms with Crippen LogP contribution >= 0.6 is 0 Å². The van der Waals surface area contributed by atoms with Gasteiger partial charge in [-0.1, -0.05) is 39.8 Å². The third-order valence-corrected chi connectivity index (χ3v) is 5.20. The summed E-state index contributed by atoms with van der Waals surface area (Å²) in [6.07, 6.45) is 0.742. The maximum atomic E-state index is 13.1. The summed E-state index contributed by atoms with van der Waals surface area (Å²) in [5, 5.41) is 2.35. The molecule has 140 valence electrons. The van der Waals surface area contributed by atoms with E-state index in [1.807, 2.05) is 13.0 Å². The Morgan fingerprint density at radius 2 is 1.81 bits per heavy atom. The molecule has 26 heavy (non-hydrogen) atoms. The molecule has 0 saturated carbocycles. The van der Waals surface area contributed by atoms with E-state index >= 15 is 0 Å². The Hall–Kier alpha value is -2.50. The fourth-order valence-electron chi connectivity index (χ4n) is 3.87. The van der Waals surface area contributed by atoms with Gasteiger partial charge in [-0.2, -0.15) is 0 Å². The molecular formula is C20H26N2O4. The number of carbonyl (C=O) groups is 4. The molecule has 1 aromatic rings. The van der Waals surface area contributed by atoms with E-state index in [1.165, 1.54) is 0 Å². The number of rotatable bonds is 3. The van der Waals surface area contributed by atoms with Crippen molar-refractivity contribution in [2.24, 2.45) is 10.8 Å². The van der Waals surface area contributed by atoms with E-state index in [9.17, 15) is 19.2 Å². The fourth-order valence-corrected chi connectivity index (χ4v) is 3.87. The highest BCUT2D eigenvalue weighted by atomic mass is 16.2. The van der Waals surface area contributed by atoms with Crippen LogP contribution in [0.1, 0.15) is 55.6 Å². The molecule has 0 bridgehead atoms. The molecule has 1 heterocycles. The minimum absolute atomic E-state index is 0.354. The molecule has 1 aliphatic rings. The van der Waals surface area contributed by atoms with Crippen LogP contribution in [0.3, 0.4) is 0 Å². The monoisotopic (exact) mass is 358 g/mol. The summed E-state index contributed by atoms with van der Waals surface area (Å²) in [6.45, 7) is 10.8. The number of nitrogens with zero attached hydrogens (tertiary/aromatic N) is 1. The highest BCUT2D eigenvalue weighted by molar-refractivity contribution is 6.08. The average Bonchev–Trinajstić information content (AvgIpc) is 2.57. The molecule has 2 rings (SSSR count). The summed E-state index contributed by atoms with van der Waals surface area (Å²) in [5.74, 6) is -1.57. The first-order valence-corrected chi connectivity index (χ1v) is 8.62. The van der Waals surface area contributed by atoms with E-state index < -0.39 is 34.6 Å². The molecule has 0 radical (unpaired) electrons. The van der Waals surface area contributed by atoms with Gasteiger partial charge in [-0.3, -0.25) is 29.4 Å². The van der Waals surface area contributed by atoms with Crippen LogP contribution in [0, 0.1) is 24.7 Å². The van der Waals surface area contributed by atoms with Gasteiger partial charge in [-0.25, -0.2) is 0 Å². The molecule has 0 aromatic heterocycles. The molecule has 6 nitrogen and oxygen atoms in total. The Morgan fingerprint density at radius 3 is 2.38 bits per heavy atom. The van der Waals surface area contributed by atoms with Gasteiger partial charge in [0.05, 0.1) is 0 Å². The minimum atomic E-state index is -1.07. The number of benzene rings is 1. The Morgan fingerprint density at radius 1 is 1.19 bits per heavy atom. The lowest BCUT2D eigenvalue weighted by Gasteiger charge is -2.38. The van der Waals surface area contributed by atoms with Crippen molar-refractivity contribution in [3.05, 3.63) is 34.9 Å². The third kappa shape index (κ3) is 3.41. The second-order valence-corrected chi connectivity index (χ2v) is 8.34. The summed E-state index contributed by atoms with van der Waals surface area (Å²) < 4.78 is 0. The maximum absolute atomic E-state index is 13.1. The van der Waals surface area contributed by atoms with Crippen LogP contribution in [0.25, 0.3) is 0 Å². The van der Waals surface area contributed by atoms with Gasteiger partial charge in [0.2, 0.25) is 18.2 Å². The second-order valence-electron chi connectivity index (χ2n) is 8.34. The van der Waals surface area contributed by atoms with Crippen molar-refractivity contribution in [3.8, 4) is 0 Å². The molecule has 1 unspecified atom stereocenters. The number of imide groups is 2. The first-order chi connectivity index (χ1) is 11.9. The number of aryl methyl sites for hydroxylation is 1. The van der Waals surface area contributed by atoms with Gasteiger partial charge in [0, 0.05) is 11.0 Å². The van der Waals surface area contributed by atoms with Gasteiger partial charge in [0.25, 0.3) is 5.91 Å². The lowest BCUT2D eigenvalue weighted by atomic mass is 9.71. The van der Waals surface area contributed by atoms with Crippen molar-refractivity contribution in [2.45, 2.75) is 54.0 Å². The van der Waals surface area contributed by atoms with Crippen LogP contribution in [-0.4, -0.2) is 35.1 Å². The molecule has 0 aliphatic carbocycles. The minimum Gasteiger partial charge on any atom is -0.294 e. The van der Waals surface area contributed by atoms with Gasteiger partial charge in [0.1, 0.15) is 6.04 Å². The standard InChI is InChI=1S/C20H26N2O4/c1-12-8-7-9-14(13(12)2)17(25)22(11-23)15-16(24)21-18(26)20(5,6)10-19(15,3)4/h7-9,11,15H,10H2,1-6H3,(H,21,24,26). The van der Waals surface area contributed by atoms with Crippen molar-refractivity contribution >= 4 is 24.1 Å². The van der Waals surface area contributed by atoms with Gasteiger partial charge >= 0.3 is 0 Å². The molecule has 0 spiro atoms. The van der Waals surface area contributed by atoms with E-state index in [0.29, 0.717) is 18.4 Å². The van der Waals surface area contributed by atoms with Crippen LogP contribution in [0.5, 0.6) is 0 Å². The summed E-state index contributed by atoms with van der Waals surface area (Å²) in [7, 11) is 0.